The van der Waals surface area contributed by atoms with Crippen LogP contribution in [-0.2, 0) is 16.0 Å². The van der Waals surface area contributed by atoms with Crippen molar-refractivity contribution in [3.63, 3.8) is 0 Å². The molecule has 0 saturated heterocycles. The fourth-order valence-electron chi connectivity index (χ4n) is 3.02. The highest BCUT2D eigenvalue weighted by Crippen LogP contribution is 2.25. The largest absolute Gasteiger partial charge is 0.507 e. The van der Waals surface area contributed by atoms with E-state index >= 15 is 0 Å². The number of benzene rings is 3. The lowest BCUT2D eigenvalue weighted by atomic mass is 10.1. The zero-order chi connectivity index (χ0) is 19.9. The molecule has 3 aromatic rings. The lowest BCUT2D eigenvalue weighted by molar-refractivity contribution is -0.124. The van der Waals surface area contributed by atoms with Gasteiger partial charge in [0.25, 0.3) is 5.91 Å². The molecular formula is C23H23NO4. The highest BCUT2D eigenvalue weighted by Gasteiger charge is 2.16. The summed E-state index contributed by atoms with van der Waals surface area (Å²) in [5.74, 6) is -1.26. The zero-order valence-corrected chi connectivity index (χ0v) is 15.7. The number of rotatable bonds is 7. The molecule has 0 aliphatic heterocycles. The Bertz CT molecular complexity index is 969. The van der Waals surface area contributed by atoms with E-state index < -0.39 is 5.97 Å². The number of aromatic hydroxyl groups is 1. The predicted molar refractivity (Wildman–Crippen MR) is 108 cm³/mol. The first-order chi connectivity index (χ1) is 13.5. The molecule has 3 rings (SSSR count). The van der Waals surface area contributed by atoms with E-state index in [0.29, 0.717) is 0 Å². The van der Waals surface area contributed by atoms with Gasteiger partial charge in [0.05, 0.1) is 0 Å². The van der Waals surface area contributed by atoms with Crippen LogP contribution in [0.25, 0.3) is 10.8 Å². The Morgan fingerprint density at radius 1 is 1.00 bits per heavy atom. The molecule has 28 heavy (non-hydrogen) atoms. The number of amides is 1. The van der Waals surface area contributed by atoms with Gasteiger partial charge >= 0.3 is 5.97 Å². The number of ether oxygens (including phenoxy) is 1. The van der Waals surface area contributed by atoms with E-state index in [9.17, 15) is 14.7 Å². The van der Waals surface area contributed by atoms with Crippen LogP contribution >= 0.6 is 0 Å². The van der Waals surface area contributed by atoms with E-state index in [2.05, 4.69) is 5.32 Å². The summed E-state index contributed by atoms with van der Waals surface area (Å²) >= 11 is 0. The third kappa shape index (κ3) is 5.10. The molecule has 0 aromatic heterocycles. The molecule has 2 N–H and O–H groups in total. The maximum Gasteiger partial charge on any atom is 0.342 e. The van der Waals surface area contributed by atoms with Crippen molar-refractivity contribution in [3.05, 3.63) is 77.9 Å². The minimum atomic E-state index is -0.727. The second kappa shape index (κ2) is 9.04. The normalized spacial score (nSPS) is 11.8. The van der Waals surface area contributed by atoms with Gasteiger partial charge in [-0.15, -0.1) is 0 Å². The molecule has 1 atom stereocenters. The lowest BCUT2D eigenvalue weighted by Gasteiger charge is -2.14. The number of phenolic OH excluding ortho intramolecular Hbond substituents is 1. The summed E-state index contributed by atoms with van der Waals surface area (Å²) < 4.78 is 5.07. The van der Waals surface area contributed by atoms with Gasteiger partial charge in [-0.25, -0.2) is 4.79 Å². The number of aryl methyl sites for hydroxylation is 1. The maximum atomic E-state index is 12.2. The van der Waals surface area contributed by atoms with Crippen LogP contribution in [0.3, 0.4) is 0 Å². The molecule has 5 nitrogen and oxygen atoms in total. The van der Waals surface area contributed by atoms with Crippen LogP contribution in [0.2, 0.25) is 0 Å². The molecule has 1 amide bonds. The van der Waals surface area contributed by atoms with Crippen molar-refractivity contribution in [1.82, 2.24) is 5.32 Å². The fourth-order valence-corrected chi connectivity index (χ4v) is 3.02. The summed E-state index contributed by atoms with van der Waals surface area (Å²) in [6.45, 7) is 1.53. The summed E-state index contributed by atoms with van der Waals surface area (Å²) in [5.41, 5.74) is 1.26. The van der Waals surface area contributed by atoms with Gasteiger partial charge in [0.1, 0.15) is 11.3 Å². The average Bonchev–Trinajstić information content (AvgIpc) is 2.70. The molecule has 0 aliphatic carbocycles. The first-order valence-electron chi connectivity index (χ1n) is 9.25. The maximum absolute atomic E-state index is 12.2. The lowest BCUT2D eigenvalue weighted by Crippen LogP contribution is -2.36. The standard InChI is InChI=1S/C23H23NO4/c1-16(11-12-17-7-3-2-4-8-17)24-22(26)15-28-23(27)20-13-18-9-5-6-10-19(18)14-21(20)25/h2-10,13-14,16,25H,11-12,15H2,1H3,(H,24,26)/t16-/m0/s1. The molecule has 3 aromatic carbocycles. The van der Waals surface area contributed by atoms with E-state index in [1.54, 1.807) is 6.07 Å². The number of hydrogen-bond acceptors (Lipinski definition) is 4. The summed E-state index contributed by atoms with van der Waals surface area (Å²) in [6, 6.07) is 20.4. The average molecular weight is 377 g/mol. The van der Waals surface area contributed by atoms with E-state index in [4.69, 9.17) is 4.74 Å². The third-order valence-electron chi connectivity index (χ3n) is 4.53. The van der Waals surface area contributed by atoms with E-state index in [-0.39, 0.29) is 29.9 Å². The first kappa shape index (κ1) is 19.4. The van der Waals surface area contributed by atoms with Gasteiger partial charge in [-0.3, -0.25) is 4.79 Å². The highest BCUT2D eigenvalue weighted by molar-refractivity contribution is 5.99. The van der Waals surface area contributed by atoms with Crippen molar-refractivity contribution in [2.75, 3.05) is 6.61 Å². The van der Waals surface area contributed by atoms with Crippen LogP contribution in [0.15, 0.2) is 66.7 Å². The minimum Gasteiger partial charge on any atom is -0.507 e. The number of phenols is 1. The molecule has 0 spiro atoms. The fraction of sp³-hybridized carbons (Fsp3) is 0.217. The zero-order valence-electron chi connectivity index (χ0n) is 15.7. The number of nitrogens with one attached hydrogen (secondary N) is 1. The van der Waals surface area contributed by atoms with Gasteiger partial charge in [-0.05, 0) is 48.2 Å². The smallest absolute Gasteiger partial charge is 0.342 e. The molecule has 0 aliphatic rings. The third-order valence-corrected chi connectivity index (χ3v) is 4.53. The highest BCUT2D eigenvalue weighted by atomic mass is 16.5. The number of carbonyl (C=O) groups excluding carboxylic acids is 2. The summed E-state index contributed by atoms with van der Waals surface area (Å²) in [4.78, 5) is 24.3. The van der Waals surface area contributed by atoms with Gasteiger partial charge < -0.3 is 15.2 Å². The van der Waals surface area contributed by atoms with Gasteiger partial charge in [0.2, 0.25) is 0 Å². The van der Waals surface area contributed by atoms with E-state index in [1.165, 1.54) is 11.6 Å². The van der Waals surface area contributed by atoms with Crippen molar-refractivity contribution >= 4 is 22.6 Å². The van der Waals surface area contributed by atoms with Crippen LogP contribution < -0.4 is 5.32 Å². The van der Waals surface area contributed by atoms with Gasteiger partial charge in [-0.1, -0.05) is 54.6 Å². The summed E-state index contributed by atoms with van der Waals surface area (Å²) in [6.07, 6.45) is 1.64. The number of hydrogen-bond donors (Lipinski definition) is 2. The SMILES string of the molecule is C[C@@H](CCc1ccccc1)NC(=O)COC(=O)c1cc2ccccc2cc1O. The summed E-state index contributed by atoms with van der Waals surface area (Å²) in [5, 5.41) is 14.5. The Hall–Kier alpha value is -3.34. The Morgan fingerprint density at radius 3 is 2.36 bits per heavy atom. The monoisotopic (exact) mass is 377 g/mol. The molecule has 0 fully saturated rings. The van der Waals surface area contributed by atoms with Gasteiger partial charge in [0.15, 0.2) is 6.61 Å². The van der Waals surface area contributed by atoms with Crippen molar-refractivity contribution < 1.29 is 19.4 Å². The van der Waals surface area contributed by atoms with Crippen LogP contribution in [0, 0.1) is 0 Å². The van der Waals surface area contributed by atoms with E-state index in [0.717, 1.165) is 23.6 Å². The molecule has 144 valence electrons. The molecule has 0 saturated carbocycles. The first-order valence-corrected chi connectivity index (χ1v) is 9.25. The van der Waals surface area contributed by atoms with Crippen LogP contribution in [0.5, 0.6) is 5.75 Å². The molecular weight excluding hydrogens is 354 g/mol. The van der Waals surface area contributed by atoms with Crippen molar-refractivity contribution in [1.29, 1.82) is 0 Å². The Balaban J connectivity index is 1.50. The Kier molecular flexibility index (Phi) is 6.27. The van der Waals surface area contributed by atoms with Crippen molar-refractivity contribution in [2.24, 2.45) is 0 Å². The molecule has 0 radical (unpaired) electrons. The van der Waals surface area contributed by atoms with Gasteiger partial charge in [-0.2, -0.15) is 0 Å². The molecule has 0 unspecified atom stereocenters. The number of fused-ring (bicyclic) bond motifs is 1. The second-order valence-corrected chi connectivity index (χ2v) is 6.79. The molecule has 0 heterocycles. The number of esters is 1. The van der Waals surface area contributed by atoms with Crippen LogP contribution in [0.4, 0.5) is 0 Å². The topological polar surface area (TPSA) is 75.6 Å². The Labute approximate surface area is 164 Å². The second-order valence-electron chi connectivity index (χ2n) is 6.79. The Morgan fingerprint density at radius 2 is 1.64 bits per heavy atom. The summed E-state index contributed by atoms with van der Waals surface area (Å²) in [7, 11) is 0. The quantitative estimate of drug-likeness (QED) is 0.614. The number of carbonyl (C=O) groups is 2. The minimum absolute atomic E-state index is 0.0412. The molecule has 0 bridgehead atoms. The van der Waals surface area contributed by atoms with Crippen LogP contribution in [-0.4, -0.2) is 29.6 Å². The van der Waals surface area contributed by atoms with Crippen molar-refractivity contribution in [2.45, 2.75) is 25.8 Å². The predicted octanol–water partition coefficient (Wildman–Crippen LogP) is 3.84. The van der Waals surface area contributed by atoms with Gasteiger partial charge in [0, 0.05) is 6.04 Å². The van der Waals surface area contributed by atoms with E-state index in [1.807, 2.05) is 61.5 Å². The van der Waals surface area contributed by atoms with Crippen molar-refractivity contribution in [3.8, 4) is 5.75 Å². The van der Waals surface area contributed by atoms with Crippen LogP contribution in [0.1, 0.15) is 29.3 Å². The molecule has 5 heteroatoms.